The molecule has 3 N–H and O–H groups in total. The van der Waals surface area contributed by atoms with Gasteiger partial charge in [0.15, 0.2) is 0 Å². The topological polar surface area (TPSA) is 38.0 Å². The van der Waals surface area contributed by atoms with E-state index in [2.05, 4.69) is 52.2 Å². The van der Waals surface area contributed by atoms with Crippen LogP contribution >= 0.6 is 0 Å². The second-order valence-electron chi connectivity index (χ2n) is 5.03. The van der Waals surface area contributed by atoms with Gasteiger partial charge in [-0.3, -0.25) is 11.3 Å². The number of hydrazine groups is 1. The van der Waals surface area contributed by atoms with Crippen LogP contribution in [-0.4, -0.2) is 0 Å². The van der Waals surface area contributed by atoms with Gasteiger partial charge in [-0.25, -0.2) is 0 Å². The summed E-state index contributed by atoms with van der Waals surface area (Å²) in [5.41, 5.74) is 8.42. The summed E-state index contributed by atoms with van der Waals surface area (Å²) in [7, 11) is 0. The highest BCUT2D eigenvalue weighted by Crippen LogP contribution is 2.31. The van der Waals surface area contributed by atoms with Gasteiger partial charge in [-0.15, -0.1) is 0 Å². The van der Waals surface area contributed by atoms with E-state index in [1.165, 1.54) is 22.3 Å². The minimum atomic E-state index is 0.269. The zero-order valence-corrected chi connectivity index (χ0v) is 11.8. The Kier molecular flexibility index (Phi) is 5.16. The number of aryl methyl sites for hydroxylation is 3. The van der Waals surface area contributed by atoms with E-state index in [0.29, 0.717) is 5.92 Å². The molecule has 0 aromatic heterocycles. The van der Waals surface area contributed by atoms with Gasteiger partial charge in [-0.05, 0) is 43.4 Å². The lowest BCUT2D eigenvalue weighted by Gasteiger charge is -2.28. The average Bonchev–Trinajstić information content (AvgIpc) is 2.27. The van der Waals surface area contributed by atoms with Gasteiger partial charge in [0.2, 0.25) is 0 Å². The zero-order valence-electron chi connectivity index (χ0n) is 11.8. The van der Waals surface area contributed by atoms with Crippen molar-refractivity contribution in [3.63, 3.8) is 0 Å². The first kappa shape index (κ1) is 14.2. The molecule has 0 radical (unpaired) electrons. The molecule has 0 heterocycles. The summed E-state index contributed by atoms with van der Waals surface area (Å²) in [5.74, 6) is 6.38. The molecule has 0 bridgehead atoms. The number of hydrogen-bond donors (Lipinski definition) is 2. The van der Waals surface area contributed by atoms with Crippen LogP contribution in [0, 0.1) is 26.7 Å². The highest BCUT2D eigenvalue weighted by atomic mass is 15.2. The first-order valence-corrected chi connectivity index (χ1v) is 6.58. The number of nitrogens with two attached hydrogens (primary N) is 1. The third-order valence-corrected chi connectivity index (χ3v) is 3.75. The van der Waals surface area contributed by atoms with Crippen molar-refractivity contribution in [1.82, 2.24) is 5.43 Å². The molecule has 0 spiro atoms. The van der Waals surface area contributed by atoms with Crippen LogP contribution in [0.25, 0.3) is 0 Å². The van der Waals surface area contributed by atoms with Crippen molar-refractivity contribution in [2.45, 2.75) is 53.5 Å². The summed E-state index contributed by atoms with van der Waals surface area (Å²) < 4.78 is 0. The van der Waals surface area contributed by atoms with Crippen molar-refractivity contribution in [3.8, 4) is 0 Å². The van der Waals surface area contributed by atoms with Crippen LogP contribution in [-0.2, 0) is 0 Å². The van der Waals surface area contributed by atoms with Crippen LogP contribution in [0.4, 0.5) is 0 Å². The van der Waals surface area contributed by atoms with Gasteiger partial charge in [0.05, 0.1) is 0 Å². The van der Waals surface area contributed by atoms with Crippen LogP contribution < -0.4 is 11.3 Å². The SMILES string of the molecule is CCC(CC)C(NN)c1c(C)cc(C)cc1C. The maximum absolute atomic E-state index is 5.78. The smallest absolute Gasteiger partial charge is 0.0493 e. The standard InChI is InChI=1S/C15H26N2/c1-6-13(7-2)15(17-16)14-11(4)8-10(3)9-12(14)5/h8-9,13,15,17H,6-7,16H2,1-5H3. The van der Waals surface area contributed by atoms with E-state index in [0.717, 1.165) is 12.8 Å². The Morgan fingerprint density at radius 1 is 1.06 bits per heavy atom. The van der Waals surface area contributed by atoms with Crippen LogP contribution in [0.5, 0.6) is 0 Å². The van der Waals surface area contributed by atoms with Crippen LogP contribution in [0.15, 0.2) is 12.1 Å². The molecule has 0 amide bonds. The van der Waals surface area contributed by atoms with Gasteiger partial charge < -0.3 is 0 Å². The van der Waals surface area contributed by atoms with Gasteiger partial charge >= 0.3 is 0 Å². The van der Waals surface area contributed by atoms with E-state index in [4.69, 9.17) is 5.84 Å². The molecule has 1 atom stereocenters. The van der Waals surface area contributed by atoms with E-state index in [1.807, 2.05) is 0 Å². The Balaban J connectivity index is 3.20. The van der Waals surface area contributed by atoms with Gasteiger partial charge in [-0.2, -0.15) is 0 Å². The number of nitrogens with one attached hydrogen (secondary N) is 1. The molecule has 1 aromatic carbocycles. The van der Waals surface area contributed by atoms with Gasteiger partial charge in [0.25, 0.3) is 0 Å². The second-order valence-corrected chi connectivity index (χ2v) is 5.03. The fourth-order valence-corrected chi connectivity index (χ4v) is 2.90. The molecular formula is C15H26N2. The van der Waals surface area contributed by atoms with Crippen molar-refractivity contribution < 1.29 is 0 Å². The lowest BCUT2D eigenvalue weighted by Crippen LogP contribution is -2.34. The predicted octanol–water partition coefficient (Wildman–Crippen LogP) is 3.55. The monoisotopic (exact) mass is 234 g/mol. The first-order chi connectivity index (χ1) is 8.04. The fraction of sp³-hybridized carbons (Fsp3) is 0.600. The normalized spacial score (nSPS) is 13.1. The van der Waals surface area contributed by atoms with Gasteiger partial charge in [-0.1, -0.05) is 44.4 Å². The van der Waals surface area contributed by atoms with E-state index in [-0.39, 0.29) is 6.04 Å². The summed E-state index contributed by atoms with van der Waals surface area (Å²) in [4.78, 5) is 0. The van der Waals surface area contributed by atoms with Crippen LogP contribution in [0.3, 0.4) is 0 Å². The van der Waals surface area contributed by atoms with Gasteiger partial charge in [0.1, 0.15) is 0 Å². The first-order valence-electron chi connectivity index (χ1n) is 6.58. The molecule has 17 heavy (non-hydrogen) atoms. The second kappa shape index (κ2) is 6.18. The predicted molar refractivity (Wildman–Crippen MR) is 74.8 cm³/mol. The summed E-state index contributed by atoms with van der Waals surface area (Å²) in [6, 6.07) is 4.76. The highest BCUT2D eigenvalue weighted by Gasteiger charge is 2.22. The summed E-state index contributed by atoms with van der Waals surface area (Å²) in [6.07, 6.45) is 2.30. The molecule has 2 heteroatoms. The fourth-order valence-electron chi connectivity index (χ4n) is 2.90. The minimum Gasteiger partial charge on any atom is -0.271 e. The molecule has 1 rings (SSSR count). The van der Waals surface area contributed by atoms with E-state index in [9.17, 15) is 0 Å². The molecule has 0 aliphatic carbocycles. The molecule has 0 aliphatic rings. The highest BCUT2D eigenvalue weighted by molar-refractivity contribution is 5.39. The number of benzene rings is 1. The van der Waals surface area contributed by atoms with Crippen molar-refractivity contribution in [3.05, 3.63) is 34.4 Å². The molecule has 1 unspecified atom stereocenters. The Morgan fingerprint density at radius 3 is 1.88 bits per heavy atom. The van der Waals surface area contributed by atoms with Crippen molar-refractivity contribution in [2.24, 2.45) is 11.8 Å². The van der Waals surface area contributed by atoms with Crippen LogP contribution in [0.1, 0.15) is 55.0 Å². The molecule has 0 fully saturated rings. The van der Waals surface area contributed by atoms with E-state index >= 15 is 0 Å². The Morgan fingerprint density at radius 2 is 1.53 bits per heavy atom. The third-order valence-electron chi connectivity index (χ3n) is 3.75. The lowest BCUT2D eigenvalue weighted by atomic mass is 9.84. The molecule has 0 aliphatic heterocycles. The van der Waals surface area contributed by atoms with E-state index < -0.39 is 0 Å². The van der Waals surface area contributed by atoms with Crippen molar-refractivity contribution in [1.29, 1.82) is 0 Å². The molecular weight excluding hydrogens is 208 g/mol. The lowest BCUT2D eigenvalue weighted by molar-refractivity contribution is 0.343. The third kappa shape index (κ3) is 3.08. The molecule has 1 aromatic rings. The Labute approximate surface area is 106 Å². The zero-order chi connectivity index (χ0) is 13.0. The van der Waals surface area contributed by atoms with Crippen LogP contribution in [0.2, 0.25) is 0 Å². The Hall–Kier alpha value is -0.860. The van der Waals surface area contributed by atoms with Crippen molar-refractivity contribution in [2.75, 3.05) is 0 Å². The maximum atomic E-state index is 5.78. The molecule has 0 saturated heterocycles. The average molecular weight is 234 g/mol. The summed E-state index contributed by atoms with van der Waals surface area (Å²) in [6.45, 7) is 11.0. The number of hydrogen-bond acceptors (Lipinski definition) is 2. The largest absolute Gasteiger partial charge is 0.271 e. The Bertz CT molecular complexity index is 344. The molecule has 2 nitrogen and oxygen atoms in total. The molecule has 0 saturated carbocycles. The quantitative estimate of drug-likeness (QED) is 0.604. The van der Waals surface area contributed by atoms with Crippen molar-refractivity contribution >= 4 is 0 Å². The minimum absolute atomic E-state index is 0.269. The van der Waals surface area contributed by atoms with E-state index in [1.54, 1.807) is 0 Å². The maximum Gasteiger partial charge on any atom is 0.0493 e. The summed E-state index contributed by atoms with van der Waals surface area (Å²) in [5, 5.41) is 0. The number of rotatable bonds is 5. The molecule has 96 valence electrons. The summed E-state index contributed by atoms with van der Waals surface area (Å²) >= 11 is 0. The van der Waals surface area contributed by atoms with Gasteiger partial charge in [0, 0.05) is 6.04 Å².